The summed E-state index contributed by atoms with van der Waals surface area (Å²) in [6.07, 6.45) is 3.76. The van der Waals surface area contributed by atoms with Gasteiger partial charge in [0, 0.05) is 11.6 Å². The van der Waals surface area contributed by atoms with Crippen LogP contribution in [0.15, 0.2) is 48.5 Å². The van der Waals surface area contributed by atoms with E-state index in [1.807, 2.05) is 48.5 Å². The van der Waals surface area contributed by atoms with Crippen molar-refractivity contribution in [2.24, 2.45) is 11.8 Å². The van der Waals surface area contributed by atoms with Gasteiger partial charge in [-0.1, -0.05) is 69.2 Å². The average molecular weight is 384 g/mol. The molecule has 0 radical (unpaired) electrons. The van der Waals surface area contributed by atoms with Gasteiger partial charge in [-0.2, -0.15) is 0 Å². The number of methoxy groups -OCH3 is 1. The van der Waals surface area contributed by atoms with Gasteiger partial charge in [0.2, 0.25) is 0 Å². The molecule has 0 heterocycles. The van der Waals surface area contributed by atoms with Gasteiger partial charge in [0.15, 0.2) is 11.5 Å². The fourth-order valence-electron chi connectivity index (χ4n) is 3.70. The van der Waals surface area contributed by atoms with E-state index in [9.17, 15) is 0 Å². The molecular formula is C23H29NO2S. The first kappa shape index (κ1) is 19.7. The first-order valence-corrected chi connectivity index (χ1v) is 10.1. The Bertz CT molecular complexity index is 762. The number of hydrogen-bond acceptors (Lipinski definition) is 3. The molecule has 1 fully saturated rings. The second kappa shape index (κ2) is 9.23. The van der Waals surface area contributed by atoms with Gasteiger partial charge in [-0.15, -0.1) is 0 Å². The lowest BCUT2D eigenvalue weighted by Crippen LogP contribution is -2.43. The Morgan fingerprint density at radius 1 is 1.07 bits per heavy atom. The van der Waals surface area contributed by atoms with E-state index in [-0.39, 0.29) is 0 Å². The summed E-state index contributed by atoms with van der Waals surface area (Å²) in [5.41, 5.74) is 2.10. The topological polar surface area (TPSA) is 30.5 Å². The molecule has 1 saturated carbocycles. The SMILES string of the molecule is COc1cc(C(=S)N[C@H]2CCC[C@H](C)[C@H]2C)ccc1OCc1ccccc1. The molecule has 3 rings (SSSR count). The summed E-state index contributed by atoms with van der Waals surface area (Å²) in [6.45, 7) is 5.17. The molecule has 3 nitrogen and oxygen atoms in total. The molecule has 0 amide bonds. The van der Waals surface area contributed by atoms with E-state index in [0.29, 0.717) is 24.3 Å². The van der Waals surface area contributed by atoms with Crippen LogP contribution in [0.1, 0.15) is 44.2 Å². The first-order chi connectivity index (χ1) is 13.1. The average Bonchev–Trinajstić information content (AvgIpc) is 2.70. The normalized spacial score (nSPS) is 22.1. The predicted molar refractivity (Wildman–Crippen MR) is 115 cm³/mol. The van der Waals surface area contributed by atoms with Crippen LogP contribution >= 0.6 is 12.2 Å². The van der Waals surface area contributed by atoms with Crippen LogP contribution in [0.4, 0.5) is 0 Å². The molecule has 1 N–H and O–H groups in total. The largest absolute Gasteiger partial charge is 0.493 e. The molecule has 2 aromatic rings. The van der Waals surface area contributed by atoms with Gasteiger partial charge in [0.25, 0.3) is 0 Å². The molecule has 0 aromatic heterocycles. The van der Waals surface area contributed by atoms with Crippen molar-refractivity contribution < 1.29 is 9.47 Å². The lowest BCUT2D eigenvalue weighted by Gasteiger charge is -2.35. The van der Waals surface area contributed by atoms with Gasteiger partial charge in [0.1, 0.15) is 11.6 Å². The molecule has 0 bridgehead atoms. The molecule has 1 aliphatic carbocycles. The van der Waals surface area contributed by atoms with Crippen molar-refractivity contribution in [2.45, 2.75) is 45.8 Å². The van der Waals surface area contributed by atoms with Crippen molar-refractivity contribution in [3.63, 3.8) is 0 Å². The monoisotopic (exact) mass is 383 g/mol. The Hall–Kier alpha value is -2.07. The van der Waals surface area contributed by atoms with Crippen LogP contribution in [0.2, 0.25) is 0 Å². The fraction of sp³-hybridized carbons (Fsp3) is 0.435. The van der Waals surface area contributed by atoms with Crippen LogP contribution in [0.25, 0.3) is 0 Å². The maximum Gasteiger partial charge on any atom is 0.161 e. The summed E-state index contributed by atoms with van der Waals surface area (Å²) < 4.78 is 11.5. The van der Waals surface area contributed by atoms with Crippen molar-refractivity contribution in [1.82, 2.24) is 5.32 Å². The van der Waals surface area contributed by atoms with Gasteiger partial charge in [-0.3, -0.25) is 0 Å². The fourth-order valence-corrected chi connectivity index (χ4v) is 3.98. The highest BCUT2D eigenvalue weighted by Gasteiger charge is 2.27. The van der Waals surface area contributed by atoms with Crippen molar-refractivity contribution >= 4 is 17.2 Å². The van der Waals surface area contributed by atoms with E-state index in [2.05, 4.69) is 19.2 Å². The van der Waals surface area contributed by atoms with E-state index in [4.69, 9.17) is 21.7 Å². The summed E-state index contributed by atoms with van der Waals surface area (Å²) in [5.74, 6) is 2.81. The lowest BCUT2D eigenvalue weighted by atomic mass is 9.78. The quantitative estimate of drug-likeness (QED) is 0.680. The number of ether oxygens (including phenoxy) is 2. The molecule has 2 aromatic carbocycles. The first-order valence-electron chi connectivity index (χ1n) is 9.74. The van der Waals surface area contributed by atoms with Gasteiger partial charge in [-0.05, 0) is 42.0 Å². The molecule has 0 unspecified atom stereocenters. The maximum atomic E-state index is 5.94. The summed E-state index contributed by atoms with van der Waals surface area (Å²) in [4.78, 5) is 0.786. The molecule has 4 heteroatoms. The van der Waals surface area contributed by atoms with E-state index < -0.39 is 0 Å². The van der Waals surface area contributed by atoms with Crippen LogP contribution < -0.4 is 14.8 Å². The van der Waals surface area contributed by atoms with Gasteiger partial charge < -0.3 is 14.8 Å². The van der Waals surface area contributed by atoms with Crippen LogP contribution in [-0.2, 0) is 6.61 Å². The zero-order valence-electron chi connectivity index (χ0n) is 16.4. The zero-order valence-corrected chi connectivity index (χ0v) is 17.2. The van der Waals surface area contributed by atoms with Crippen LogP contribution in [-0.4, -0.2) is 18.1 Å². The zero-order chi connectivity index (χ0) is 19.2. The Morgan fingerprint density at radius 3 is 2.59 bits per heavy atom. The number of rotatable bonds is 6. The number of thiocarbonyl (C=S) groups is 1. The number of nitrogens with one attached hydrogen (secondary N) is 1. The van der Waals surface area contributed by atoms with Gasteiger partial charge >= 0.3 is 0 Å². The molecule has 1 aliphatic rings. The number of hydrogen-bond donors (Lipinski definition) is 1. The summed E-state index contributed by atoms with van der Waals surface area (Å²) >= 11 is 5.68. The Kier molecular flexibility index (Phi) is 6.73. The van der Waals surface area contributed by atoms with Crippen molar-refractivity contribution in [3.05, 3.63) is 59.7 Å². The molecule has 0 aliphatic heterocycles. The minimum absolute atomic E-state index is 0.446. The van der Waals surface area contributed by atoms with Crippen molar-refractivity contribution in [3.8, 4) is 11.5 Å². The summed E-state index contributed by atoms with van der Waals surface area (Å²) in [6, 6.07) is 16.5. The standard InChI is InChI=1S/C23H29NO2S/c1-16-8-7-11-20(17(16)2)24-23(27)19-12-13-21(22(14-19)25-3)26-15-18-9-5-4-6-10-18/h4-6,9-10,12-14,16-17,20H,7-8,11,15H2,1-3H3,(H,24,27)/t16-,17+,20-/m0/s1. The Morgan fingerprint density at radius 2 is 1.85 bits per heavy atom. The molecule has 144 valence electrons. The Balaban J connectivity index is 1.66. The minimum Gasteiger partial charge on any atom is -0.493 e. The molecule has 0 spiro atoms. The second-order valence-corrected chi connectivity index (χ2v) is 7.90. The third-order valence-electron chi connectivity index (χ3n) is 5.69. The van der Waals surface area contributed by atoms with Crippen LogP contribution in [0.3, 0.4) is 0 Å². The van der Waals surface area contributed by atoms with Gasteiger partial charge in [-0.25, -0.2) is 0 Å². The van der Waals surface area contributed by atoms with Crippen molar-refractivity contribution in [2.75, 3.05) is 7.11 Å². The van der Waals surface area contributed by atoms with Crippen LogP contribution in [0.5, 0.6) is 11.5 Å². The minimum atomic E-state index is 0.446. The highest BCUT2D eigenvalue weighted by Crippen LogP contribution is 2.31. The molecule has 3 atom stereocenters. The summed E-state index contributed by atoms with van der Waals surface area (Å²) in [5, 5.41) is 3.58. The second-order valence-electron chi connectivity index (χ2n) is 7.49. The van der Waals surface area contributed by atoms with Crippen molar-refractivity contribution in [1.29, 1.82) is 0 Å². The van der Waals surface area contributed by atoms with Gasteiger partial charge in [0.05, 0.1) is 7.11 Å². The van der Waals surface area contributed by atoms with E-state index >= 15 is 0 Å². The highest BCUT2D eigenvalue weighted by molar-refractivity contribution is 7.80. The van der Waals surface area contributed by atoms with E-state index in [1.165, 1.54) is 19.3 Å². The van der Waals surface area contributed by atoms with E-state index in [1.54, 1.807) is 7.11 Å². The third-order valence-corrected chi connectivity index (χ3v) is 6.04. The Labute approximate surface area is 168 Å². The molecule has 0 saturated heterocycles. The third kappa shape index (κ3) is 5.01. The van der Waals surface area contributed by atoms with E-state index in [0.717, 1.165) is 27.8 Å². The number of benzene rings is 2. The molecular weight excluding hydrogens is 354 g/mol. The van der Waals surface area contributed by atoms with Crippen LogP contribution in [0, 0.1) is 11.8 Å². The summed E-state index contributed by atoms with van der Waals surface area (Å²) in [7, 11) is 1.66. The molecule has 27 heavy (non-hydrogen) atoms. The lowest BCUT2D eigenvalue weighted by molar-refractivity contribution is 0.225. The maximum absolute atomic E-state index is 5.94. The predicted octanol–water partition coefficient (Wildman–Crippen LogP) is 5.36. The highest BCUT2D eigenvalue weighted by atomic mass is 32.1. The smallest absolute Gasteiger partial charge is 0.161 e.